The molecule has 206 valence electrons. The number of ether oxygens (including phenoxy) is 2. The zero-order chi connectivity index (χ0) is 27.1. The number of benzene rings is 1. The number of unbranched alkanes of at least 4 members (excludes halogenated alkanes) is 1. The van der Waals surface area contributed by atoms with Gasteiger partial charge in [-0.2, -0.15) is 0 Å². The number of amides is 2. The second kappa shape index (κ2) is 12.9. The van der Waals surface area contributed by atoms with Crippen LogP contribution in [0.1, 0.15) is 55.7 Å². The molecule has 1 aromatic carbocycles. The number of aliphatic hydroxyl groups is 1. The molecule has 0 unspecified atom stereocenters. The summed E-state index contributed by atoms with van der Waals surface area (Å²) in [5, 5.41) is 12.0. The third-order valence-corrected chi connectivity index (χ3v) is 7.17. The van der Waals surface area contributed by atoms with Crippen LogP contribution in [0.2, 0.25) is 0 Å². The maximum Gasteiger partial charge on any atom is 0.286 e. The number of nitrogens with one attached hydrogen (secondary N) is 1. The van der Waals surface area contributed by atoms with Crippen molar-refractivity contribution in [1.82, 2.24) is 19.6 Å². The molecule has 1 fully saturated rings. The van der Waals surface area contributed by atoms with Gasteiger partial charge in [0.2, 0.25) is 12.2 Å². The van der Waals surface area contributed by atoms with E-state index < -0.39 is 6.29 Å². The third kappa shape index (κ3) is 6.36. The predicted octanol–water partition coefficient (Wildman–Crippen LogP) is 2.12. The maximum atomic E-state index is 13.6. The van der Waals surface area contributed by atoms with E-state index in [1.165, 1.54) is 0 Å². The summed E-state index contributed by atoms with van der Waals surface area (Å²) in [4.78, 5) is 40.3. The van der Waals surface area contributed by atoms with Crippen LogP contribution in [0.3, 0.4) is 0 Å². The molecule has 10 heteroatoms. The van der Waals surface area contributed by atoms with Gasteiger partial charge in [0.15, 0.2) is 5.76 Å². The molecule has 2 aromatic rings. The number of carbonyl (C=O) groups excluding carboxylic acids is 2. The van der Waals surface area contributed by atoms with E-state index >= 15 is 0 Å². The summed E-state index contributed by atoms with van der Waals surface area (Å²) in [7, 11) is 1.85. The van der Waals surface area contributed by atoms with Gasteiger partial charge >= 0.3 is 0 Å². The average molecular weight is 527 g/mol. The molecular weight excluding hydrogens is 488 g/mol. The Bertz CT molecular complexity index is 1200. The Morgan fingerprint density at radius 3 is 2.68 bits per heavy atom. The van der Waals surface area contributed by atoms with Crippen molar-refractivity contribution in [3.05, 3.63) is 63.8 Å². The fraction of sp³-hybridized carbons (Fsp3) is 0.536. The molecule has 4 rings (SSSR count). The van der Waals surface area contributed by atoms with Crippen molar-refractivity contribution in [3.8, 4) is 5.69 Å². The largest absolute Gasteiger partial charge is 0.459 e. The van der Waals surface area contributed by atoms with Crippen LogP contribution in [-0.4, -0.2) is 70.3 Å². The lowest BCUT2D eigenvalue weighted by molar-refractivity contribution is -0.146. The highest BCUT2D eigenvalue weighted by atomic mass is 16.7. The summed E-state index contributed by atoms with van der Waals surface area (Å²) in [5.74, 6) is -0.459. The minimum absolute atomic E-state index is 0.0797. The minimum atomic E-state index is -0.698. The Balaban J connectivity index is 1.52. The standard InChI is InChI=1S/C28H38N4O6/c1-20-26(28(36)32(30(20)2)22-10-4-3-5-11-22)21-18-23(38-25(19-21)37-17-7-6-16-33)27(35)29-13-9-15-31-14-8-12-24(31)34/h3-5,10-11,18,21,25,33H,6-9,12-17,19H2,1-2H3,(H,29,35)/t21-,25+/m1/s1. The molecule has 0 radical (unpaired) electrons. The van der Waals surface area contributed by atoms with E-state index in [-0.39, 0.29) is 35.7 Å². The van der Waals surface area contributed by atoms with Crippen molar-refractivity contribution in [3.63, 3.8) is 0 Å². The molecule has 0 bridgehead atoms. The molecule has 10 nitrogen and oxygen atoms in total. The van der Waals surface area contributed by atoms with Crippen LogP contribution in [-0.2, 0) is 26.1 Å². The highest BCUT2D eigenvalue weighted by molar-refractivity contribution is 5.91. The lowest BCUT2D eigenvalue weighted by Crippen LogP contribution is -2.35. The Kier molecular flexibility index (Phi) is 9.41. The van der Waals surface area contributed by atoms with Crippen LogP contribution in [0.5, 0.6) is 0 Å². The molecule has 2 aliphatic heterocycles. The Morgan fingerprint density at radius 1 is 1.18 bits per heavy atom. The molecule has 2 atom stereocenters. The summed E-state index contributed by atoms with van der Waals surface area (Å²) < 4.78 is 15.3. The van der Waals surface area contributed by atoms with Crippen molar-refractivity contribution >= 4 is 11.8 Å². The molecule has 2 N–H and O–H groups in total. The number of hydrogen-bond acceptors (Lipinski definition) is 6. The average Bonchev–Trinajstić information content (AvgIpc) is 3.43. The number of rotatable bonds is 12. The second-order valence-electron chi connectivity index (χ2n) is 9.79. The van der Waals surface area contributed by atoms with E-state index in [9.17, 15) is 14.4 Å². The van der Waals surface area contributed by atoms with Gasteiger partial charge in [0.25, 0.3) is 11.5 Å². The number of allylic oxidation sites excluding steroid dienone is 1. The number of nitrogens with zero attached hydrogens (tertiary/aromatic N) is 3. The number of aliphatic hydroxyl groups excluding tert-OH is 1. The van der Waals surface area contributed by atoms with Crippen LogP contribution in [0.15, 0.2) is 47.0 Å². The molecule has 2 amide bonds. The lowest BCUT2D eigenvalue weighted by Gasteiger charge is -2.29. The van der Waals surface area contributed by atoms with Crippen LogP contribution in [0.4, 0.5) is 0 Å². The van der Waals surface area contributed by atoms with Crippen molar-refractivity contribution in [2.24, 2.45) is 7.05 Å². The first-order valence-corrected chi connectivity index (χ1v) is 13.4. The monoisotopic (exact) mass is 526 g/mol. The summed E-state index contributed by atoms with van der Waals surface area (Å²) in [6.45, 7) is 4.14. The van der Waals surface area contributed by atoms with E-state index in [0.29, 0.717) is 57.4 Å². The summed E-state index contributed by atoms with van der Waals surface area (Å²) >= 11 is 0. The molecule has 38 heavy (non-hydrogen) atoms. The van der Waals surface area contributed by atoms with Gasteiger partial charge in [0.05, 0.1) is 12.3 Å². The van der Waals surface area contributed by atoms with Crippen LogP contribution in [0, 0.1) is 6.92 Å². The number of aromatic nitrogens is 2. The minimum Gasteiger partial charge on any atom is -0.459 e. The third-order valence-electron chi connectivity index (χ3n) is 7.17. The van der Waals surface area contributed by atoms with Crippen LogP contribution < -0.4 is 10.9 Å². The summed E-state index contributed by atoms with van der Waals surface area (Å²) in [6, 6.07) is 9.43. The molecule has 1 saturated heterocycles. The molecule has 0 spiro atoms. The van der Waals surface area contributed by atoms with E-state index in [2.05, 4.69) is 5.32 Å². The second-order valence-corrected chi connectivity index (χ2v) is 9.79. The molecule has 0 saturated carbocycles. The molecule has 3 heterocycles. The van der Waals surface area contributed by atoms with Gasteiger partial charge in [-0.25, -0.2) is 4.68 Å². The molecule has 0 aliphatic carbocycles. The lowest BCUT2D eigenvalue weighted by atomic mass is 9.93. The Hall–Kier alpha value is -3.37. The maximum absolute atomic E-state index is 13.6. The smallest absolute Gasteiger partial charge is 0.286 e. The highest BCUT2D eigenvalue weighted by Crippen LogP contribution is 2.32. The Labute approximate surface area is 222 Å². The van der Waals surface area contributed by atoms with Gasteiger partial charge in [-0.05, 0) is 50.8 Å². The fourth-order valence-electron chi connectivity index (χ4n) is 5.06. The number of carbonyl (C=O) groups is 2. The molecule has 2 aliphatic rings. The van der Waals surface area contributed by atoms with E-state index in [4.69, 9.17) is 14.6 Å². The highest BCUT2D eigenvalue weighted by Gasteiger charge is 2.33. The van der Waals surface area contributed by atoms with Gasteiger partial charge in [-0.15, -0.1) is 0 Å². The number of para-hydroxylation sites is 1. The predicted molar refractivity (Wildman–Crippen MR) is 142 cm³/mol. The van der Waals surface area contributed by atoms with E-state index in [0.717, 1.165) is 24.3 Å². The van der Waals surface area contributed by atoms with E-state index in [1.807, 2.05) is 53.9 Å². The van der Waals surface area contributed by atoms with E-state index in [1.54, 1.807) is 10.8 Å². The van der Waals surface area contributed by atoms with Crippen molar-refractivity contribution in [1.29, 1.82) is 0 Å². The van der Waals surface area contributed by atoms with Crippen LogP contribution >= 0.6 is 0 Å². The van der Waals surface area contributed by atoms with Gasteiger partial charge in [0.1, 0.15) is 0 Å². The number of hydrogen-bond donors (Lipinski definition) is 2. The Morgan fingerprint density at radius 2 is 1.97 bits per heavy atom. The normalized spacial score (nSPS) is 19.4. The summed E-state index contributed by atoms with van der Waals surface area (Å²) in [5.41, 5.74) is 2.02. The van der Waals surface area contributed by atoms with Crippen molar-refractivity contribution in [2.45, 2.75) is 57.7 Å². The van der Waals surface area contributed by atoms with Gasteiger partial charge < -0.3 is 24.8 Å². The zero-order valence-electron chi connectivity index (χ0n) is 22.2. The van der Waals surface area contributed by atoms with Crippen LogP contribution in [0.25, 0.3) is 5.69 Å². The molecule has 1 aromatic heterocycles. The van der Waals surface area contributed by atoms with Gasteiger partial charge in [0, 0.05) is 63.3 Å². The first kappa shape index (κ1) is 27.7. The molecular formula is C28H38N4O6. The van der Waals surface area contributed by atoms with Gasteiger partial charge in [-0.1, -0.05) is 18.2 Å². The fourth-order valence-corrected chi connectivity index (χ4v) is 5.06. The first-order valence-electron chi connectivity index (χ1n) is 13.4. The summed E-state index contributed by atoms with van der Waals surface area (Å²) in [6.07, 6.45) is 4.81. The quantitative estimate of drug-likeness (QED) is 0.410. The zero-order valence-corrected chi connectivity index (χ0v) is 22.2. The SMILES string of the molecule is Cc1c([C@@H]2C=C(C(=O)NCCCN3CCCC3=O)O[C@H](OCCCCO)C2)c(=O)n(-c2ccccc2)n1C. The van der Waals surface area contributed by atoms with Crippen molar-refractivity contribution in [2.75, 3.05) is 32.8 Å². The number of likely N-dealkylation sites (tertiary alicyclic amines) is 1. The topological polar surface area (TPSA) is 115 Å². The van der Waals surface area contributed by atoms with Gasteiger partial charge in [-0.3, -0.25) is 19.1 Å². The first-order chi connectivity index (χ1) is 18.4. The van der Waals surface area contributed by atoms with Crippen molar-refractivity contribution < 1.29 is 24.2 Å².